The molecule has 0 aliphatic carbocycles. The van der Waals surface area contributed by atoms with E-state index in [0.717, 1.165) is 6.54 Å². The number of hydrogen-bond donors (Lipinski definition) is 1. The van der Waals surface area contributed by atoms with E-state index in [0.29, 0.717) is 0 Å². The Morgan fingerprint density at radius 2 is 2.20 bits per heavy atom. The highest BCUT2D eigenvalue weighted by molar-refractivity contribution is 4.88. The molecule has 0 saturated carbocycles. The van der Waals surface area contributed by atoms with Crippen molar-refractivity contribution in [3.8, 4) is 0 Å². The summed E-state index contributed by atoms with van der Waals surface area (Å²) in [5.74, 6) is 0. The van der Waals surface area contributed by atoms with Gasteiger partial charge in [0.25, 0.3) is 0 Å². The Kier molecular flexibility index (Phi) is 4.89. The van der Waals surface area contributed by atoms with E-state index in [2.05, 4.69) is 13.2 Å². The molecule has 2 nitrogen and oxygen atoms in total. The smallest absolute Gasteiger partial charge is 0.0622 e. The van der Waals surface area contributed by atoms with Gasteiger partial charge in [0, 0.05) is 6.54 Å². The monoisotopic (exact) mass is 141 g/mol. The number of aliphatic hydroxyl groups is 1. The van der Waals surface area contributed by atoms with Gasteiger partial charge in [-0.1, -0.05) is 12.2 Å². The highest BCUT2D eigenvalue weighted by atomic mass is 16.3. The van der Waals surface area contributed by atoms with Gasteiger partial charge in [0.15, 0.2) is 0 Å². The lowest BCUT2D eigenvalue weighted by atomic mass is 10.3. The van der Waals surface area contributed by atoms with Crippen molar-refractivity contribution in [1.82, 2.24) is 4.90 Å². The minimum Gasteiger partial charge on any atom is -0.394 e. The van der Waals surface area contributed by atoms with E-state index < -0.39 is 0 Å². The molecule has 1 atom stereocenters. The summed E-state index contributed by atoms with van der Waals surface area (Å²) < 4.78 is 0. The standard InChI is InChI=1S/C8H15NO/c1-4-6-9(3)8(5-2)7-10/h4-5,8,10H,1-2,6-7H2,3H3. The maximum Gasteiger partial charge on any atom is 0.0622 e. The summed E-state index contributed by atoms with van der Waals surface area (Å²) in [4.78, 5) is 1.97. The first-order valence-electron chi connectivity index (χ1n) is 3.30. The minimum absolute atomic E-state index is 0.0537. The molecule has 0 bridgehead atoms. The zero-order valence-electron chi connectivity index (χ0n) is 6.45. The Morgan fingerprint density at radius 3 is 2.50 bits per heavy atom. The van der Waals surface area contributed by atoms with E-state index in [1.165, 1.54) is 0 Å². The molecule has 0 amide bonds. The topological polar surface area (TPSA) is 23.5 Å². The van der Waals surface area contributed by atoms with E-state index >= 15 is 0 Å². The van der Waals surface area contributed by atoms with Gasteiger partial charge >= 0.3 is 0 Å². The largest absolute Gasteiger partial charge is 0.394 e. The summed E-state index contributed by atoms with van der Waals surface area (Å²) in [6.45, 7) is 8.09. The van der Waals surface area contributed by atoms with E-state index in [9.17, 15) is 0 Å². The van der Waals surface area contributed by atoms with Gasteiger partial charge in [-0.15, -0.1) is 13.2 Å². The first kappa shape index (κ1) is 9.40. The Hall–Kier alpha value is -0.600. The molecule has 2 heteroatoms. The van der Waals surface area contributed by atoms with E-state index in [1.54, 1.807) is 12.2 Å². The Labute approximate surface area is 62.5 Å². The molecule has 0 aromatic rings. The van der Waals surface area contributed by atoms with Gasteiger partial charge < -0.3 is 5.11 Å². The Balaban J connectivity index is 3.74. The van der Waals surface area contributed by atoms with Crippen LogP contribution in [-0.4, -0.2) is 36.2 Å². The fraction of sp³-hybridized carbons (Fsp3) is 0.500. The fourth-order valence-electron chi connectivity index (χ4n) is 0.733. The summed E-state index contributed by atoms with van der Waals surface area (Å²) in [7, 11) is 1.92. The van der Waals surface area contributed by atoms with Crippen molar-refractivity contribution >= 4 is 0 Å². The fourth-order valence-corrected chi connectivity index (χ4v) is 0.733. The summed E-state index contributed by atoms with van der Waals surface area (Å²) >= 11 is 0. The quantitative estimate of drug-likeness (QED) is 0.568. The third-order valence-corrected chi connectivity index (χ3v) is 1.44. The lowest BCUT2D eigenvalue weighted by molar-refractivity contribution is 0.188. The summed E-state index contributed by atoms with van der Waals surface area (Å²) in [5.41, 5.74) is 0. The second-order valence-electron chi connectivity index (χ2n) is 2.21. The lowest BCUT2D eigenvalue weighted by Crippen LogP contribution is -2.32. The van der Waals surface area contributed by atoms with Crippen LogP contribution in [-0.2, 0) is 0 Å². The third kappa shape index (κ3) is 2.80. The number of rotatable bonds is 5. The van der Waals surface area contributed by atoms with Crippen LogP contribution >= 0.6 is 0 Å². The zero-order valence-corrected chi connectivity index (χ0v) is 6.45. The summed E-state index contributed by atoms with van der Waals surface area (Å²) in [6, 6.07) is 0.0537. The molecule has 1 unspecified atom stereocenters. The van der Waals surface area contributed by atoms with Crippen LogP contribution in [0.15, 0.2) is 25.3 Å². The first-order valence-corrected chi connectivity index (χ1v) is 3.30. The molecule has 0 aromatic carbocycles. The van der Waals surface area contributed by atoms with Gasteiger partial charge in [0.1, 0.15) is 0 Å². The molecule has 10 heavy (non-hydrogen) atoms. The van der Waals surface area contributed by atoms with Gasteiger partial charge in [-0.05, 0) is 7.05 Å². The van der Waals surface area contributed by atoms with Crippen LogP contribution in [0.5, 0.6) is 0 Å². The molecule has 0 fully saturated rings. The lowest BCUT2D eigenvalue weighted by Gasteiger charge is -2.21. The highest BCUT2D eigenvalue weighted by Gasteiger charge is 2.05. The molecule has 0 rings (SSSR count). The van der Waals surface area contributed by atoms with Crippen LogP contribution in [0.4, 0.5) is 0 Å². The van der Waals surface area contributed by atoms with Gasteiger partial charge in [-0.2, -0.15) is 0 Å². The van der Waals surface area contributed by atoms with E-state index in [4.69, 9.17) is 5.11 Å². The van der Waals surface area contributed by atoms with Gasteiger partial charge in [0.2, 0.25) is 0 Å². The van der Waals surface area contributed by atoms with Crippen LogP contribution in [0.25, 0.3) is 0 Å². The summed E-state index contributed by atoms with van der Waals surface area (Å²) in [6.07, 6.45) is 3.52. The van der Waals surface area contributed by atoms with Crippen molar-refractivity contribution in [3.63, 3.8) is 0 Å². The Bertz CT molecular complexity index is 112. The molecule has 0 aliphatic heterocycles. The third-order valence-electron chi connectivity index (χ3n) is 1.44. The summed E-state index contributed by atoms with van der Waals surface area (Å²) in [5, 5.41) is 8.78. The first-order chi connectivity index (χ1) is 4.76. The van der Waals surface area contributed by atoms with E-state index in [1.807, 2.05) is 11.9 Å². The molecule has 0 spiro atoms. The van der Waals surface area contributed by atoms with Crippen molar-refractivity contribution < 1.29 is 5.11 Å². The molecular weight excluding hydrogens is 126 g/mol. The zero-order chi connectivity index (χ0) is 7.98. The van der Waals surface area contributed by atoms with Gasteiger partial charge in [-0.25, -0.2) is 0 Å². The van der Waals surface area contributed by atoms with Gasteiger partial charge in [0.05, 0.1) is 12.6 Å². The number of aliphatic hydroxyl groups excluding tert-OH is 1. The van der Waals surface area contributed by atoms with Crippen LogP contribution in [0.2, 0.25) is 0 Å². The second kappa shape index (κ2) is 5.21. The van der Waals surface area contributed by atoms with Gasteiger partial charge in [-0.3, -0.25) is 4.90 Å². The average Bonchev–Trinajstić information content (AvgIpc) is 1.91. The van der Waals surface area contributed by atoms with Crippen LogP contribution in [0.3, 0.4) is 0 Å². The van der Waals surface area contributed by atoms with Crippen molar-refractivity contribution in [2.45, 2.75) is 6.04 Å². The maximum absolute atomic E-state index is 8.78. The number of likely N-dealkylation sites (N-methyl/N-ethyl adjacent to an activating group) is 1. The van der Waals surface area contributed by atoms with Crippen molar-refractivity contribution in [2.75, 3.05) is 20.2 Å². The van der Waals surface area contributed by atoms with Crippen molar-refractivity contribution in [1.29, 1.82) is 0 Å². The van der Waals surface area contributed by atoms with Crippen LogP contribution in [0.1, 0.15) is 0 Å². The van der Waals surface area contributed by atoms with Crippen molar-refractivity contribution in [3.05, 3.63) is 25.3 Å². The molecule has 58 valence electrons. The predicted octanol–water partition coefficient (Wildman–Crippen LogP) is 0.651. The average molecular weight is 141 g/mol. The maximum atomic E-state index is 8.78. The minimum atomic E-state index is 0.0537. The highest BCUT2D eigenvalue weighted by Crippen LogP contribution is 1.95. The second-order valence-corrected chi connectivity index (χ2v) is 2.21. The normalized spacial score (nSPS) is 13.1. The van der Waals surface area contributed by atoms with E-state index in [-0.39, 0.29) is 12.6 Å². The molecular formula is C8H15NO. The number of hydrogen-bond acceptors (Lipinski definition) is 2. The van der Waals surface area contributed by atoms with Crippen molar-refractivity contribution in [2.24, 2.45) is 0 Å². The molecule has 0 aliphatic rings. The Morgan fingerprint density at radius 1 is 1.60 bits per heavy atom. The molecule has 0 aromatic heterocycles. The SMILES string of the molecule is C=CCN(C)C(C=C)CO. The molecule has 1 N–H and O–H groups in total. The molecule has 0 heterocycles. The molecule has 0 radical (unpaired) electrons. The van der Waals surface area contributed by atoms with Crippen LogP contribution in [0, 0.1) is 0 Å². The van der Waals surface area contributed by atoms with Crippen LogP contribution < -0.4 is 0 Å². The predicted molar refractivity (Wildman–Crippen MR) is 43.9 cm³/mol. The number of nitrogens with zero attached hydrogens (tertiary/aromatic N) is 1. The molecule has 0 saturated heterocycles.